The van der Waals surface area contributed by atoms with E-state index in [2.05, 4.69) is 13.8 Å². The second kappa shape index (κ2) is 9.60. The van der Waals surface area contributed by atoms with Gasteiger partial charge >= 0.3 is 5.97 Å². The fourth-order valence-corrected chi connectivity index (χ4v) is 2.11. The Morgan fingerprint density at radius 2 is 1.63 bits per heavy atom. The molecule has 0 aliphatic carbocycles. The molecule has 2 heteroatoms. The summed E-state index contributed by atoms with van der Waals surface area (Å²) in [4.78, 5) is 12.0. The summed E-state index contributed by atoms with van der Waals surface area (Å²) in [6.45, 7) is 4.36. The number of hydrogen-bond acceptors (Lipinski definition) is 2. The maximum atomic E-state index is 12.0. The molecule has 1 rings (SSSR count). The van der Waals surface area contributed by atoms with Gasteiger partial charge in [0.1, 0.15) is 6.10 Å². The largest absolute Gasteiger partial charge is 0.459 e. The fraction of sp³-hybridized carbons (Fsp3) is 0.588. The monoisotopic (exact) mass is 262 g/mol. The first-order chi connectivity index (χ1) is 9.27. The van der Waals surface area contributed by atoms with E-state index in [0.717, 1.165) is 32.1 Å². The number of benzene rings is 1. The van der Waals surface area contributed by atoms with Crippen molar-refractivity contribution in [3.63, 3.8) is 0 Å². The lowest BCUT2D eigenvalue weighted by molar-refractivity contribution is 0.0250. The molecule has 0 spiro atoms. The number of ether oxygens (including phenoxy) is 1. The number of hydrogen-bond donors (Lipinski definition) is 0. The number of esters is 1. The molecule has 106 valence electrons. The second-order valence-electron chi connectivity index (χ2n) is 5.03. The van der Waals surface area contributed by atoms with Gasteiger partial charge < -0.3 is 4.74 Å². The van der Waals surface area contributed by atoms with E-state index in [1.165, 1.54) is 12.8 Å². The molecule has 1 unspecified atom stereocenters. The summed E-state index contributed by atoms with van der Waals surface area (Å²) in [6, 6.07) is 9.27. The molecule has 0 fully saturated rings. The lowest BCUT2D eigenvalue weighted by atomic mass is 10.1. The molecule has 19 heavy (non-hydrogen) atoms. The molecule has 0 bridgehead atoms. The molecule has 0 aliphatic rings. The molecule has 1 aromatic rings. The minimum Gasteiger partial charge on any atom is -0.459 e. The van der Waals surface area contributed by atoms with Crippen molar-refractivity contribution in [1.82, 2.24) is 0 Å². The Morgan fingerprint density at radius 3 is 2.26 bits per heavy atom. The van der Waals surface area contributed by atoms with Crippen LogP contribution in [0.25, 0.3) is 0 Å². The topological polar surface area (TPSA) is 26.3 Å². The number of rotatable bonds is 9. The molecule has 0 aliphatic heterocycles. The van der Waals surface area contributed by atoms with Gasteiger partial charge in [0.15, 0.2) is 0 Å². The molecule has 0 heterocycles. The standard InChI is InChI=1S/C17H26O2/c1-3-5-8-14-16(13-6-4-2)19-17(18)15-11-9-7-10-12-15/h7,9-12,16H,3-6,8,13-14H2,1-2H3. The van der Waals surface area contributed by atoms with Crippen molar-refractivity contribution in [2.24, 2.45) is 0 Å². The van der Waals surface area contributed by atoms with E-state index in [9.17, 15) is 4.79 Å². The molecule has 2 nitrogen and oxygen atoms in total. The summed E-state index contributed by atoms with van der Waals surface area (Å²) >= 11 is 0. The van der Waals surface area contributed by atoms with Gasteiger partial charge in [0.25, 0.3) is 0 Å². The summed E-state index contributed by atoms with van der Waals surface area (Å²) in [5, 5.41) is 0. The van der Waals surface area contributed by atoms with Crippen LogP contribution in [0.4, 0.5) is 0 Å². The average Bonchev–Trinajstić information content (AvgIpc) is 2.45. The van der Waals surface area contributed by atoms with Crippen LogP contribution in [0.3, 0.4) is 0 Å². The molecular weight excluding hydrogens is 236 g/mol. The Morgan fingerprint density at radius 1 is 1.00 bits per heavy atom. The predicted molar refractivity (Wildman–Crippen MR) is 79.3 cm³/mol. The third-order valence-corrected chi connectivity index (χ3v) is 3.29. The lowest BCUT2D eigenvalue weighted by Gasteiger charge is -2.17. The van der Waals surface area contributed by atoms with Crippen molar-refractivity contribution in [2.45, 2.75) is 64.9 Å². The van der Waals surface area contributed by atoms with Crippen LogP contribution in [0.1, 0.15) is 69.2 Å². The second-order valence-corrected chi connectivity index (χ2v) is 5.03. The molecular formula is C17H26O2. The van der Waals surface area contributed by atoms with Crippen LogP contribution in [-0.2, 0) is 4.74 Å². The van der Waals surface area contributed by atoms with Gasteiger partial charge in [-0.25, -0.2) is 4.79 Å². The van der Waals surface area contributed by atoms with Crippen LogP contribution in [0.2, 0.25) is 0 Å². The minimum atomic E-state index is -0.182. The van der Waals surface area contributed by atoms with Crippen LogP contribution < -0.4 is 0 Å². The summed E-state index contributed by atoms with van der Waals surface area (Å²) in [7, 11) is 0. The number of carbonyl (C=O) groups excluding carboxylic acids is 1. The van der Waals surface area contributed by atoms with Gasteiger partial charge in [-0.05, 0) is 31.4 Å². The first kappa shape index (κ1) is 15.7. The predicted octanol–water partition coefficient (Wildman–Crippen LogP) is 4.98. The Balaban J connectivity index is 2.48. The van der Waals surface area contributed by atoms with E-state index in [0.29, 0.717) is 5.56 Å². The summed E-state index contributed by atoms with van der Waals surface area (Å²) in [5.41, 5.74) is 0.652. The van der Waals surface area contributed by atoms with Crippen molar-refractivity contribution in [1.29, 1.82) is 0 Å². The normalized spacial score (nSPS) is 12.1. The minimum absolute atomic E-state index is 0.0826. The highest BCUT2D eigenvalue weighted by Gasteiger charge is 2.15. The van der Waals surface area contributed by atoms with Crippen molar-refractivity contribution in [3.8, 4) is 0 Å². The van der Waals surface area contributed by atoms with Crippen molar-refractivity contribution in [2.75, 3.05) is 0 Å². The Bertz CT molecular complexity index is 346. The molecule has 1 aromatic carbocycles. The molecule has 0 radical (unpaired) electrons. The van der Waals surface area contributed by atoms with E-state index in [4.69, 9.17) is 4.74 Å². The van der Waals surface area contributed by atoms with Crippen LogP contribution >= 0.6 is 0 Å². The maximum Gasteiger partial charge on any atom is 0.338 e. The summed E-state index contributed by atoms with van der Waals surface area (Å²) < 4.78 is 5.65. The van der Waals surface area contributed by atoms with Gasteiger partial charge in [-0.3, -0.25) is 0 Å². The first-order valence-corrected chi connectivity index (χ1v) is 7.54. The Kier molecular flexibility index (Phi) is 7.95. The van der Waals surface area contributed by atoms with Crippen LogP contribution in [0.5, 0.6) is 0 Å². The third kappa shape index (κ3) is 6.42. The van der Waals surface area contributed by atoms with Crippen LogP contribution in [0, 0.1) is 0 Å². The molecule has 0 N–H and O–H groups in total. The van der Waals surface area contributed by atoms with Crippen molar-refractivity contribution >= 4 is 5.97 Å². The quantitative estimate of drug-likeness (QED) is 0.463. The van der Waals surface area contributed by atoms with Crippen molar-refractivity contribution < 1.29 is 9.53 Å². The van der Waals surface area contributed by atoms with Gasteiger partial charge in [0.2, 0.25) is 0 Å². The SMILES string of the molecule is CCCCCC(CCCC)OC(=O)c1ccccc1. The molecule has 0 aromatic heterocycles. The van der Waals surface area contributed by atoms with Gasteiger partial charge in [0, 0.05) is 0 Å². The summed E-state index contributed by atoms with van der Waals surface area (Å²) in [5.74, 6) is -0.182. The third-order valence-electron chi connectivity index (χ3n) is 3.29. The van der Waals surface area contributed by atoms with E-state index < -0.39 is 0 Å². The molecule has 0 saturated heterocycles. The lowest BCUT2D eigenvalue weighted by Crippen LogP contribution is -2.18. The van der Waals surface area contributed by atoms with Gasteiger partial charge in [-0.1, -0.05) is 57.7 Å². The van der Waals surface area contributed by atoms with E-state index in [1.807, 2.05) is 30.3 Å². The highest BCUT2D eigenvalue weighted by Crippen LogP contribution is 2.15. The van der Waals surface area contributed by atoms with Gasteiger partial charge in [-0.15, -0.1) is 0 Å². The molecule has 1 atom stereocenters. The molecule has 0 saturated carbocycles. The van der Waals surface area contributed by atoms with Crippen LogP contribution in [0.15, 0.2) is 30.3 Å². The Hall–Kier alpha value is -1.31. The van der Waals surface area contributed by atoms with Crippen LogP contribution in [-0.4, -0.2) is 12.1 Å². The van der Waals surface area contributed by atoms with Gasteiger partial charge in [-0.2, -0.15) is 0 Å². The molecule has 0 amide bonds. The zero-order valence-electron chi connectivity index (χ0n) is 12.2. The smallest absolute Gasteiger partial charge is 0.338 e. The zero-order chi connectivity index (χ0) is 13.9. The number of unbranched alkanes of at least 4 members (excludes halogenated alkanes) is 3. The van der Waals surface area contributed by atoms with Crippen molar-refractivity contribution in [3.05, 3.63) is 35.9 Å². The maximum absolute atomic E-state index is 12.0. The highest BCUT2D eigenvalue weighted by molar-refractivity contribution is 5.89. The summed E-state index contributed by atoms with van der Waals surface area (Å²) in [6.07, 6.45) is 7.89. The zero-order valence-corrected chi connectivity index (χ0v) is 12.2. The fourth-order valence-electron chi connectivity index (χ4n) is 2.11. The highest BCUT2D eigenvalue weighted by atomic mass is 16.5. The average molecular weight is 262 g/mol. The number of carbonyl (C=O) groups is 1. The van der Waals surface area contributed by atoms with E-state index in [-0.39, 0.29) is 12.1 Å². The van der Waals surface area contributed by atoms with E-state index >= 15 is 0 Å². The Labute approximate surface area is 117 Å². The van der Waals surface area contributed by atoms with E-state index in [1.54, 1.807) is 0 Å². The van der Waals surface area contributed by atoms with Gasteiger partial charge in [0.05, 0.1) is 5.56 Å². The first-order valence-electron chi connectivity index (χ1n) is 7.54.